The number of hydrogen-bond acceptors (Lipinski definition) is 8. The number of nitrogens with one attached hydrogen (secondary N) is 2. The van der Waals surface area contributed by atoms with Crippen LogP contribution in [-0.4, -0.2) is 60.5 Å². The molecule has 2 aliphatic rings. The third-order valence-electron chi connectivity index (χ3n) is 8.99. The second kappa shape index (κ2) is 14.0. The van der Waals surface area contributed by atoms with E-state index in [2.05, 4.69) is 22.3 Å². The van der Waals surface area contributed by atoms with Gasteiger partial charge < -0.3 is 29.3 Å². The number of rotatable bonds is 10. The number of likely N-dealkylation sites (tertiary alicyclic amines) is 1. The molecule has 0 radical (unpaired) electrons. The average molecular weight is 648 g/mol. The molecule has 250 valence electrons. The standard InChI is InChI=1S/C39H45N5O4/c1-38(2,3)48-37(45)43-21-19-39(20-22-43)26-44(27-39)30-15-16-31(33(23-30)41-4)35(40)32-17-18-34(46-24-28-11-7-5-8-12-28)42-36(32)47-25-29-13-9-6-10-14-29/h5-18,23,40-41H,19-22,24-27H2,1-4H3. The lowest BCUT2D eigenvalue weighted by molar-refractivity contribution is 0.00598. The van der Waals surface area contributed by atoms with Crippen LogP contribution in [0.1, 0.15) is 55.9 Å². The van der Waals surface area contributed by atoms with E-state index in [1.165, 1.54) is 0 Å². The van der Waals surface area contributed by atoms with E-state index in [1.54, 1.807) is 6.07 Å². The number of piperidine rings is 1. The molecule has 48 heavy (non-hydrogen) atoms. The predicted molar refractivity (Wildman–Crippen MR) is 189 cm³/mol. The van der Waals surface area contributed by atoms with E-state index in [4.69, 9.17) is 19.2 Å². The first kappa shape index (κ1) is 32.9. The summed E-state index contributed by atoms with van der Waals surface area (Å²) in [7, 11) is 1.88. The quantitative estimate of drug-likeness (QED) is 0.172. The van der Waals surface area contributed by atoms with Gasteiger partial charge in [0, 0.05) is 61.6 Å². The Bertz CT molecular complexity index is 1720. The number of ether oxygens (including phenoxy) is 3. The zero-order chi connectivity index (χ0) is 33.7. The normalized spacial score (nSPS) is 15.4. The van der Waals surface area contributed by atoms with Gasteiger partial charge in [0.1, 0.15) is 18.8 Å². The third-order valence-corrected chi connectivity index (χ3v) is 8.99. The molecule has 2 saturated heterocycles. The van der Waals surface area contributed by atoms with Crippen molar-refractivity contribution < 1.29 is 19.0 Å². The van der Waals surface area contributed by atoms with Crippen molar-refractivity contribution in [2.75, 3.05) is 43.4 Å². The second-order valence-electron chi connectivity index (χ2n) is 13.7. The fraction of sp³-hybridized carbons (Fsp3) is 0.359. The van der Waals surface area contributed by atoms with Gasteiger partial charge in [-0.25, -0.2) is 4.79 Å². The maximum absolute atomic E-state index is 12.5. The van der Waals surface area contributed by atoms with E-state index in [0.717, 1.165) is 67.1 Å². The number of amides is 1. The molecule has 4 aromatic rings. The summed E-state index contributed by atoms with van der Waals surface area (Å²) < 4.78 is 17.8. The van der Waals surface area contributed by atoms with Gasteiger partial charge in [-0.3, -0.25) is 5.41 Å². The van der Waals surface area contributed by atoms with Crippen LogP contribution >= 0.6 is 0 Å². The fourth-order valence-electron chi connectivity index (χ4n) is 6.31. The van der Waals surface area contributed by atoms with Crippen molar-refractivity contribution in [1.29, 1.82) is 5.41 Å². The molecule has 1 amide bonds. The molecule has 2 N–H and O–H groups in total. The summed E-state index contributed by atoms with van der Waals surface area (Å²) in [6.45, 7) is 9.75. The van der Waals surface area contributed by atoms with Crippen LogP contribution in [0.5, 0.6) is 11.8 Å². The molecule has 0 unspecified atom stereocenters. The number of carbonyl (C=O) groups excluding carboxylic acids is 1. The first-order chi connectivity index (χ1) is 23.1. The van der Waals surface area contributed by atoms with E-state index >= 15 is 0 Å². The first-order valence-electron chi connectivity index (χ1n) is 16.6. The van der Waals surface area contributed by atoms with Gasteiger partial charge in [-0.1, -0.05) is 60.7 Å². The summed E-state index contributed by atoms with van der Waals surface area (Å²) in [5.74, 6) is 0.786. The van der Waals surface area contributed by atoms with Crippen molar-refractivity contribution in [2.45, 2.75) is 52.4 Å². The summed E-state index contributed by atoms with van der Waals surface area (Å²) in [5, 5.41) is 12.6. The number of pyridine rings is 1. The van der Waals surface area contributed by atoms with Crippen molar-refractivity contribution in [2.24, 2.45) is 5.41 Å². The number of anilines is 2. The molecule has 0 saturated carbocycles. The van der Waals surface area contributed by atoms with E-state index in [0.29, 0.717) is 36.2 Å². The van der Waals surface area contributed by atoms with Gasteiger partial charge in [-0.2, -0.15) is 4.98 Å². The smallest absolute Gasteiger partial charge is 0.410 e. The summed E-state index contributed by atoms with van der Waals surface area (Å²) in [4.78, 5) is 21.5. The lowest BCUT2D eigenvalue weighted by atomic mass is 9.72. The molecular weight excluding hydrogens is 602 g/mol. The zero-order valence-electron chi connectivity index (χ0n) is 28.3. The zero-order valence-corrected chi connectivity index (χ0v) is 28.3. The number of nitrogens with zero attached hydrogens (tertiary/aromatic N) is 3. The minimum atomic E-state index is -0.485. The molecule has 0 aliphatic carbocycles. The predicted octanol–water partition coefficient (Wildman–Crippen LogP) is 7.53. The van der Waals surface area contributed by atoms with E-state index in [1.807, 2.05) is 106 Å². The topological polar surface area (TPSA) is 100 Å². The Morgan fingerprint density at radius 1 is 0.854 bits per heavy atom. The molecule has 2 aliphatic heterocycles. The average Bonchev–Trinajstić information content (AvgIpc) is 3.08. The van der Waals surface area contributed by atoms with Crippen LogP contribution in [-0.2, 0) is 18.0 Å². The minimum Gasteiger partial charge on any atom is -0.473 e. The van der Waals surface area contributed by atoms with Gasteiger partial charge >= 0.3 is 6.09 Å². The van der Waals surface area contributed by atoms with Crippen LogP contribution in [0.25, 0.3) is 0 Å². The van der Waals surface area contributed by atoms with Crippen LogP contribution in [0.3, 0.4) is 0 Å². The number of aromatic nitrogens is 1. The van der Waals surface area contributed by atoms with Gasteiger partial charge in [0.15, 0.2) is 0 Å². The Hall–Kier alpha value is -5.05. The highest BCUT2D eigenvalue weighted by Crippen LogP contribution is 2.43. The van der Waals surface area contributed by atoms with Crippen molar-refractivity contribution in [1.82, 2.24) is 9.88 Å². The molecule has 9 heteroatoms. The fourth-order valence-corrected chi connectivity index (χ4v) is 6.31. The van der Waals surface area contributed by atoms with Crippen LogP contribution in [0.2, 0.25) is 0 Å². The van der Waals surface area contributed by atoms with Gasteiger partial charge in [0.05, 0.1) is 11.3 Å². The van der Waals surface area contributed by atoms with Crippen LogP contribution < -0.4 is 19.7 Å². The second-order valence-corrected chi connectivity index (χ2v) is 13.7. The largest absolute Gasteiger partial charge is 0.473 e. The number of benzene rings is 3. The SMILES string of the molecule is CNc1cc(N2CC3(CCN(C(=O)OC(C)(C)C)CC3)C2)ccc1C(=N)c1ccc(OCc2ccccc2)nc1OCc1ccccc1. The van der Waals surface area contributed by atoms with Crippen molar-refractivity contribution >= 4 is 23.2 Å². The summed E-state index contributed by atoms with van der Waals surface area (Å²) in [5.41, 5.74) is 5.40. The molecule has 1 spiro atoms. The number of carbonyl (C=O) groups is 1. The van der Waals surface area contributed by atoms with Gasteiger partial charge in [-0.15, -0.1) is 0 Å². The van der Waals surface area contributed by atoms with Gasteiger partial charge in [0.2, 0.25) is 11.8 Å². The van der Waals surface area contributed by atoms with E-state index in [9.17, 15) is 10.2 Å². The molecule has 1 aromatic heterocycles. The van der Waals surface area contributed by atoms with Gasteiger partial charge in [-0.05, 0) is 69.0 Å². The summed E-state index contributed by atoms with van der Waals surface area (Å²) in [6, 6.07) is 29.7. The highest BCUT2D eigenvalue weighted by Gasteiger charge is 2.46. The van der Waals surface area contributed by atoms with Crippen LogP contribution in [0.4, 0.5) is 16.2 Å². The molecule has 9 nitrogen and oxygen atoms in total. The van der Waals surface area contributed by atoms with Crippen LogP contribution in [0, 0.1) is 10.8 Å². The molecular formula is C39H45N5O4. The van der Waals surface area contributed by atoms with E-state index < -0.39 is 5.60 Å². The maximum Gasteiger partial charge on any atom is 0.410 e. The summed E-state index contributed by atoms with van der Waals surface area (Å²) in [6.07, 6.45) is 1.71. The highest BCUT2D eigenvalue weighted by molar-refractivity contribution is 6.15. The molecule has 3 heterocycles. The third kappa shape index (κ3) is 7.73. The molecule has 3 aromatic carbocycles. The maximum atomic E-state index is 12.5. The Kier molecular flexibility index (Phi) is 9.57. The lowest BCUT2D eigenvalue weighted by Crippen LogP contribution is -2.61. The Balaban J connectivity index is 1.15. The molecule has 6 rings (SSSR count). The van der Waals surface area contributed by atoms with Crippen LogP contribution in [0.15, 0.2) is 91.0 Å². The first-order valence-corrected chi connectivity index (χ1v) is 16.6. The monoisotopic (exact) mass is 647 g/mol. The Morgan fingerprint density at radius 3 is 2.06 bits per heavy atom. The van der Waals surface area contributed by atoms with Crippen molar-refractivity contribution in [3.8, 4) is 11.8 Å². The lowest BCUT2D eigenvalue weighted by Gasteiger charge is -2.55. The minimum absolute atomic E-state index is 0.213. The van der Waals surface area contributed by atoms with Crippen molar-refractivity contribution in [3.05, 3.63) is 113 Å². The highest BCUT2D eigenvalue weighted by atomic mass is 16.6. The Morgan fingerprint density at radius 2 is 1.46 bits per heavy atom. The number of hydrogen-bond donors (Lipinski definition) is 2. The van der Waals surface area contributed by atoms with Crippen molar-refractivity contribution in [3.63, 3.8) is 0 Å². The van der Waals surface area contributed by atoms with Gasteiger partial charge in [0.25, 0.3) is 0 Å². The molecule has 0 atom stereocenters. The summed E-state index contributed by atoms with van der Waals surface area (Å²) >= 11 is 0. The molecule has 2 fully saturated rings. The molecule has 0 bridgehead atoms. The Labute approximate surface area is 283 Å². The van der Waals surface area contributed by atoms with E-state index in [-0.39, 0.29) is 11.5 Å².